The number of hydrogen-bond acceptors (Lipinski definition) is 7. The molecule has 0 radical (unpaired) electrons. The molecule has 3 aromatic heterocycles. The summed E-state index contributed by atoms with van der Waals surface area (Å²) in [7, 11) is 0. The smallest absolute Gasteiger partial charge is 0.231 e. The summed E-state index contributed by atoms with van der Waals surface area (Å²) in [6.07, 6.45) is 1.80. The summed E-state index contributed by atoms with van der Waals surface area (Å²) in [6.45, 7) is 2.87. The zero-order chi connectivity index (χ0) is 18.2. The Morgan fingerprint density at radius 3 is 2.85 bits per heavy atom. The van der Waals surface area contributed by atoms with E-state index in [1.807, 2.05) is 49.4 Å². The molecule has 0 saturated heterocycles. The van der Waals surface area contributed by atoms with Gasteiger partial charge in [-0.15, -0.1) is 15.3 Å². The molecule has 0 unspecified atom stereocenters. The van der Waals surface area contributed by atoms with Gasteiger partial charge in [0.1, 0.15) is 11.5 Å². The quantitative estimate of drug-likeness (QED) is 0.599. The zero-order valence-corrected chi connectivity index (χ0v) is 14.6. The fourth-order valence-electron chi connectivity index (χ4n) is 2.89. The minimum atomic E-state index is 0.272. The normalized spacial score (nSPS) is 12.5. The molecule has 1 aromatic carbocycles. The van der Waals surface area contributed by atoms with Crippen LogP contribution in [-0.2, 0) is 6.54 Å². The van der Waals surface area contributed by atoms with E-state index in [0.717, 1.165) is 28.3 Å². The van der Waals surface area contributed by atoms with Crippen molar-refractivity contribution >= 4 is 11.5 Å². The van der Waals surface area contributed by atoms with Gasteiger partial charge in [-0.2, -0.15) is 4.52 Å². The van der Waals surface area contributed by atoms with E-state index in [1.165, 1.54) is 0 Å². The fraction of sp³-hybridized carbons (Fsp3) is 0.158. The molecule has 0 atom stereocenters. The van der Waals surface area contributed by atoms with Crippen molar-refractivity contribution in [1.29, 1.82) is 0 Å². The van der Waals surface area contributed by atoms with Gasteiger partial charge in [0.15, 0.2) is 17.1 Å². The van der Waals surface area contributed by atoms with E-state index in [1.54, 1.807) is 10.7 Å². The Bertz CT molecular complexity index is 1120. The maximum Gasteiger partial charge on any atom is 0.231 e. The van der Waals surface area contributed by atoms with E-state index >= 15 is 0 Å². The van der Waals surface area contributed by atoms with Gasteiger partial charge in [0, 0.05) is 12.7 Å². The first-order chi connectivity index (χ1) is 13.3. The molecule has 1 aliphatic heterocycles. The van der Waals surface area contributed by atoms with Gasteiger partial charge >= 0.3 is 0 Å². The van der Waals surface area contributed by atoms with Crippen molar-refractivity contribution in [2.45, 2.75) is 13.5 Å². The average Bonchev–Trinajstić information content (AvgIpc) is 3.33. The highest BCUT2D eigenvalue weighted by Gasteiger charge is 2.14. The van der Waals surface area contributed by atoms with E-state index in [2.05, 4.69) is 25.6 Å². The predicted molar refractivity (Wildman–Crippen MR) is 98.6 cm³/mol. The number of rotatable bonds is 4. The number of pyridine rings is 1. The number of nitrogens with one attached hydrogen (secondary N) is 1. The Balaban J connectivity index is 1.41. The lowest BCUT2D eigenvalue weighted by Gasteiger charge is -2.07. The molecule has 0 spiro atoms. The van der Waals surface area contributed by atoms with Gasteiger partial charge < -0.3 is 14.8 Å². The van der Waals surface area contributed by atoms with Crippen molar-refractivity contribution in [3.63, 3.8) is 0 Å². The van der Waals surface area contributed by atoms with E-state index in [0.29, 0.717) is 23.8 Å². The summed E-state index contributed by atoms with van der Waals surface area (Å²) >= 11 is 0. The summed E-state index contributed by atoms with van der Waals surface area (Å²) in [4.78, 5) is 4.42. The van der Waals surface area contributed by atoms with Crippen LogP contribution >= 0.6 is 0 Å². The van der Waals surface area contributed by atoms with Crippen LogP contribution in [0.5, 0.6) is 11.5 Å². The van der Waals surface area contributed by atoms with Crippen LogP contribution in [0.15, 0.2) is 48.7 Å². The minimum absolute atomic E-state index is 0.272. The highest BCUT2D eigenvalue weighted by molar-refractivity contribution is 5.56. The number of aromatic nitrogens is 5. The first-order valence-electron chi connectivity index (χ1n) is 8.54. The van der Waals surface area contributed by atoms with Gasteiger partial charge in [-0.1, -0.05) is 12.1 Å². The molecule has 1 N–H and O–H groups in total. The third-order valence-electron chi connectivity index (χ3n) is 4.31. The highest BCUT2D eigenvalue weighted by atomic mass is 16.7. The number of ether oxygens (including phenoxy) is 2. The number of anilines is 1. The van der Waals surface area contributed by atoms with Gasteiger partial charge in [-0.3, -0.25) is 4.98 Å². The Hall–Kier alpha value is -3.68. The Morgan fingerprint density at radius 1 is 1.04 bits per heavy atom. The third-order valence-corrected chi connectivity index (χ3v) is 4.31. The maximum atomic E-state index is 5.42. The second-order valence-electron chi connectivity index (χ2n) is 6.27. The number of nitrogens with zero attached hydrogens (tertiary/aromatic N) is 5. The van der Waals surface area contributed by atoms with Crippen molar-refractivity contribution in [2.24, 2.45) is 0 Å². The predicted octanol–water partition coefficient (Wildman–Crippen LogP) is 2.84. The fourth-order valence-corrected chi connectivity index (χ4v) is 2.89. The third kappa shape index (κ3) is 2.91. The molecule has 5 rings (SSSR count). The monoisotopic (exact) mass is 360 g/mol. The van der Waals surface area contributed by atoms with Crippen LogP contribution in [0, 0.1) is 6.92 Å². The first-order valence-corrected chi connectivity index (χ1v) is 8.54. The van der Waals surface area contributed by atoms with Gasteiger partial charge in [0.2, 0.25) is 12.6 Å². The zero-order valence-electron chi connectivity index (χ0n) is 14.6. The van der Waals surface area contributed by atoms with E-state index in [4.69, 9.17) is 9.47 Å². The van der Waals surface area contributed by atoms with Crippen molar-refractivity contribution in [3.8, 4) is 23.0 Å². The molecule has 27 heavy (non-hydrogen) atoms. The van der Waals surface area contributed by atoms with E-state index < -0.39 is 0 Å². The van der Waals surface area contributed by atoms with Crippen molar-refractivity contribution in [1.82, 2.24) is 24.8 Å². The molecule has 1 aliphatic rings. The largest absolute Gasteiger partial charge is 0.454 e. The molecule has 0 aliphatic carbocycles. The van der Waals surface area contributed by atoms with Gasteiger partial charge in [0.25, 0.3) is 0 Å². The van der Waals surface area contributed by atoms with Crippen LogP contribution in [-0.4, -0.2) is 31.6 Å². The highest BCUT2D eigenvalue weighted by Crippen LogP contribution is 2.32. The topological polar surface area (TPSA) is 86.5 Å². The van der Waals surface area contributed by atoms with Crippen molar-refractivity contribution in [3.05, 3.63) is 59.8 Å². The lowest BCUT2D eigenvalue weighted by Crippen LogP contribution is -2.05. The molecule has 4 heterocycles. The van der Waals surface area contributed by atoms with Crippen LogP contribution in [0.3, 0.4) is 0 Å². The lowest BCUT2D eigenvalue weighted by atomic mass is 10.2. The van der Waals surface area contributed by atoms with Crippen LogP contribution in [0.25, 0.3) is 17.2 Å². The molecule has 0 bridgehead atoms. The average molecular weight is 360 g/mol. The second kappa shape index (κ2) is 6.24. The van der Waals surface area contributed by atoms with Crippen molar-refractivity contribution < 1.29 is 9.47 Å². The summed E-state index contributed by atoms with van der Waals surface area (Å²) in [5.41, 5.74) is 3.56. The second-order valence-corrected chi connectivity index (χ2v) is 6.27. The SMILES string of the molecule is Cc1ccc(-c2nnc3ccc(NCc4ccc5c(c4)OCO5)nn23)nc1. The van der Waals surface area contributed by atoms with Crippen molar-refractivity contribution in [2.75, 3.05) is 12.1 Å². The summed E-state index contributed by atoms with van der Waals surface area (Å²) in [6, 6.07) is 13.5. The minimum Gasteiger partial charge on any atom is -0.454 e. The number of benzene rings is 1. The number of hydrogen-bond donors (Lipinski definition) is 1. The van der Waals surface area contributed by atoms with E-state index in [-0.39, 0.29) is 6.79 Å². The van der Waals surface area contributed by atoms with Crippen LogP contribution in [0.2, 0.25) is 0 Å². The summed E-state index contributed by atoms with van der Waals surface area (Å²) < 4.78 is 12.5. The Labute approximate surface area is 154 Å². The molecule has 8 nitrogen and oxygen atoms in total. The molecule has 0 fully saturated rings. The van der Waals surface area contributed by atoms with Crippen LogP contribution in [0.4, 0.5) is 5.82 Å². The molecule has 0 amide bonds. The number of aryl methyl sites for hydroxylation is 1. The standard InChI is InChI=1S/C19H16N6O2/c1-12-2-4-14(20-9-12)19-23-22-18-7-6-17(24-25(18)19)21-10-13-3-5-15-16(8-13)27-11-26-15/h2-9H,10-11H2,1H3,(H,21,24). The lowest BCUT2D eigenvalue weighted by molar-refractivity contribution is 0.174. The van der Waals surface area contributed by atoms with Gasteiger partial charge in [-0.05, 0) is 48.4 Å². The molecule has 0 saturated carbocycles. The van der Waals surface area contributed by atoms with E-state index in [9.17, 15) is 0 Å². The molecule has 8 heteroatoms. The number of fused-ring (bicyclic) bond motifs is 2. The van der Waals surface area contributed by atoms with Gasteiger partial charge in [-0.25, -0.2) is 0 Å². The molecule has 4 aromatic rings. The van der Waals surface area contributed by atoms with Crippen LogP contribution in [0.1, 0.15) is 11.1 Å². The summed E-state index contributed by atoms with van der Waals surface area (Å²) in [5, 5.41) is 16.3. The molecular formula is C19H16N6O2. The Morgan fingerprint density at radius 2 is 1.96 bits per heavy atom. The van der Waals surface area contributed by atoms with Crippen LogP contribution < -0.4 is 14.8 Å². The maximum absolute atomic E-state index is 5.42. The Kier molecular flexibility index (Phi) is 3.60. The first kappa shape index (κ1) is 15.6. The summed E-state index contributed by atoms with van der Waals surface area (Å²) in [5.74, 6) is 2.87. The molecular weight excluding hydrogens is 344 g/mol. The molecule has 134 valence electrons. The van der Waals surface area contributed by atoms with Gasteiger partial charge in [0.05, 0.1) is 0 Å².